The third-order valence-corrected chi connectivity index (χ3v) is 5.55. The van der Waals surface area contributed by atoms with Crippen LogP contribution in [0.5, 0.6) is 0 Å². The lowest BCUT2D eigenvalue weighted by Gasteiger charge is -2.38. The Morgan fingerprint density at radius 3 is 1.79 bits per heavy atom. The van der Waals surface area contributed by atoms with Gasteiger partial charge in [-0.2, -0.15) is 13.2 Å². The number of hydrogen-bond acceptors (Lipinski definition) is 3. The Morgan fingerprint density at radius 1 is 0.875 bits per heavy atom. The van der Waals surface area contributed by atoms with E-state index in [1.807, 2.05) is 0 Å². The first-order valence-corrected chi connectivity index (χ1v) is 8.74. The molecule has 136 valence electrons. The number of nitrogens with zero attached hydrogens (tertiary/aromatic N) is 2. The lowest BCUT2D eigenvalue weighted by Crippen LogP contribution is -2.63. The van der Waals surface area contributed by atoms with Crippen LogP contribution in [0.3, 0.4) is 0 Å². The topological polar surface area (TPSA) is 60.9 Å². The lowest BCUT2D eigenvalue weighted by atomic mass is 9.93. The van der Waals surface area contributed by atoms with Crippen LogP contribution in [0, 0.1) is 0 Å². The Hall–Kier alpha value is -1.31. The van der Waals surface area contributed by atoms with E-state index in [4.69, 9.17) is 0 Å². The minimum absolute atomic E-state index is 0.385. The van der Waals surface area contributed by atoms with Gasteiger partial charge in [-0.1, -0.05) is 38.5 Å². The van der Waals surface area contributed by atoms with Gasteiger partial charge >= 0.3 is 17.9 Å². The molecule has 0 spiro atoms. The first kappa shape index (κ1) is 17.5. The molecular weight excluding hydrogens is 325 g/mol. The van der Waals surface area contributed by atoms with Crippen LogP contribution in [0.15, 0.2) is 0 Å². The summed E-state index contributed by atoms with van der Waals surface area (Å²) in [7, 11) is 0. The van der Waals surface area contributed by atoms with Crippen molar-refractivity contribution in [2.45, 2.75) is 88.2 Å². The summed E-state index contributed by atoms with van der Waals surface area (Å²) in [5.74, 6) is -1.52. The van der Waals surface area contributed by atoms with Gasteiger partial charge in [-0.3, -0.25) is 14.6 Å². The largest absolute Gasteiger partial charge is 0.446 e. The van der Waals surface area contributed by atoms with Crippen LogP contribution in [-0.4, -0.2) is 50.8 Å². The summed E-state index contributed by atoms with van der Waals surface area (Å²) < 4.78 is 40.9. The highest BCUT2D eigenvalue weighted by Gasteiger charge is 2.73. The van der Waals surface area contributed by atoms with Crippen molar-refractivity contribution in [3.8, 4) is 0 Å². The maximum Gasteiger partial charge on any atom is 0.446 e. The fraction of sp³-hybridized carbons (Fsp3) is 0.875. The highest BCUT2D eigenvalue weighted by atomic mass is 19.4. The zero-order chi connectivity index (χ0) is 17.5. The highest BCUT2D eigenvalue weighted by molar-refractivity contribution is 6.07. The molecule has 0 bridgehead atoms. The van der Waals surface area contributed by atoms with Crippen LogP contribution < -0.4 is 0 Å². The van der Waals surface area contributed by atoms with Crippen molar-refractivity contribution in [1.82, 2.24) is 9.80 Å². The van der Waals surface area contributed by atoms with Gasteiger partial charge in [-0.25, -0.2) is 4.79 Å². The average molecular weight is 348 g/mol. The second-order valence-corrected chi connectivity index (χ2v) is 7.08. The van der Waals surface area contributed by atoms with Crippen LogP contribution in [0.4, 0.5) is 18.0 Å². The number of carbonyl (C=O) groups is 2. The molecule has 1 atom stereocenters. The molecule has 1 aliphatic heterocycles. The molecule has 2 aliphatic carbocycles. The molecule has 3 amide bonds. The summed E-state index contributed by atoms with van der Waals surface area (Å²) in [6.45, 7) is 0. The number of amides is 3. The molecule has 1 unspecified atom stereocenters. The number of carbonyl (C=O) groups excluding carboxylic acids is 2. The fourth-order valence-electron chi connectivity index (χ4n) is 4.29. The van der Waals surface area contributed by atoms with Gasteiger partial charge < -0.3 is 5.11 Å². The second-order valence-electron chi connectivity index (χ2n) is 7.08. The number of alkyl halides is 3. The molecule has 2 saturated carbocycles. The van der Waals surface area contributed by atoms with Crippen molar-refractivity contribution < 1.29 is 27.9 Å². The monoisotopic (exact) mass is 348 g/mol. The van der Waals surface area contributed by atoms with Gasteiger partial charge in [0.15, 0.2) is 0 Å². The van der Waals surface area contributed by atoms with E-state index >= 15 is 0 Å². The molecule has 3 rings (SSSR count). The van der Waals surface area contributed by atoms with Gasteiger partial charge in [0.2, 0.25) is 0 Å². The molecule has 5 nitrogen and oxygen atoms in total. The van der Waals surface area contributed by atoms with Crippen molar-refractivity contribution in [2.75, 3.05) is 0 Å². The quantitative estimate of drug-likeness (QED) is 0.780. The second kappa shape index (κ2) is 6.20. The first-order valence-electron chi connectivity index (χ1n) is 8.74. The van der Waals surface area contributed by atoms with E-state index < -0.39 is 35.9 Å². The van der Waals surface area contributed by atoms with Gasteiger partial charge in [-0.15, -0.1) is 0 Å². The molecule has 0 aromatic rings. The molecule has 0 aromatic heterocycles. The molecule has 1 N–H and O–H groups in total. The summed E-state index contributed by atoms with van der Waals surface area (Å²) >= 11 is 0. The van der Waals surface area contributed by atoms with Crippen molar-refractivity contribution in [1.29, 1.82) is 0 Å². The van der Waals surface area contributed by atoms with Crippen LogP contribution in [0.1, 0.15) is 64.2 Å². The number of urea groups is 1. The summed E-state index contributed by atoms with van der Waals surface area (Å²) in [6.07, 6.45) is 1.34. The molecular formula is C16H23F3N2O3. The summed E-state index contributed by atoms with van der Waals surface area (Å²) in [5.41, 5.74) is -3.72. The smallest absolute Gasteiger partial charge is 0.356 e. The predicted molar refractivity (Wildman–Crippen MR) is 78.8 cm³/mol. The van der Waals surface area contributed by atoms with Gasteiger partial charge in [0.1, 0.15) is 0 Å². The Labute approximate surface area is 138 Å². The lowest BCUT2D eigenvalue weighted by molar-refractivity contribution is -0.290. The maximum absolute atomic E-state index is 13.6. The third kappa shape index (κ3) is 2.59. The highest BCUT2D eigenvalue weighted by Crippen LogP contribution is 2.45. The molecule has 0 aromatic carbocycles. The summed E-state index contributed by atoms with van der Waals surface area (Å²) in [4.78, 5) is 26.4. The number of imide groups is 1. The van der Waals surface area contributed by atoms with Crippen molar-refractivity contribution in [2.24, 2.45) is 0 Å². The Morgan fingerprint density at radius 2 is 1.33 bits per heavy atom. The van der Waals surface area contributed by atoms with Crippen molar-refractivity contribution >= 4 is 11.9 Å². The normalized spacial score (nSPS) is 31.2. The van der Waals surface area contributed by atoms with E-state index in [2.05, 4.69) is 0 Å². The molecule has 24 heavy (non-hydrogen) atoms. The van der Waals surface area contributed by atoms with Crippen LogP contribution in [-0.2, 0) is 4.79 Å². The van der Waals surface area contributed by atoms with Crippen molar-refractivity contribution in [3.63, 3.8) is 0 Å². The maximum atomic E-state index is 13.6. The standard InChI is InChI=1S/C16H23F3N2O3/c17-16(18,19)15(24)13(22)20(11-7-3-1-4-8-11)14(23)21(15)12-9-5-2-6-10-12/h11-12,24H,1-10H2. The van der Waals surface area contributed by atoms with E-state index in [0.717, 1.165) is 25.7 Å². The molecule has 1 saturated heterocycles. The number of aliphatic hydroxyl groups is 1. The zero-order valence-corrected chi connectivity index (χ0v) is 13.5. The molecule has 1 heterocycles. The van der Waals surface area contributed by atoms with Crippen LogP contribution in [0.2, 0.25) is 0 Å². The fourth-order valence-corrected chi connectivity index (χ4v) is 4.29. The van der Waals surface area contributed by atoms with Gasteiger partial charge in [-0.05, 0) is 25.7 Å². The third-order valence-electron chi connectivity index (χ3n) is 5.55. The number of halogens is 3. The number of hydrogen-bond donors (Lipinski definition) is 1. The predicted octanol–water partition coefficient (Wildman–Crippen LogP) is 3.17. The van der Waals surface area contributed by atoms with Gasteiger partial charge in [0.05, 0.1) is 0 Å². The SMILES string of the molecule is O=C1N(C2CCCCC2)C(=O)C(O)(C(F)(F)F)N1C1CCCCC1. The van der Waals surface area contributed by atoms with E-state index in [1.165, 1.54) is 0 Å². The van der Waals surface area contributed by atoms with Gasteiger partial charge in [0, 0.05) is 12.1 Å². The van der Waals surface area contributed by atoms with E-state index in [1.54, 1.807) is 0 Å². The molecule has 0 radical (unpaired) electrons. The van der Waals surface area contributed by atoms with E-state index in [9.17, 15) is 27.9 Å². The number of rotatable bonds is 2. The average Bonchev–Trinajstić information content (AvgIpc) is 2.76. The minimum Gasteiger partial charge on any atom is -0.356 e. The summed E-state index contributed by atoms with van der Waals surface area (Å²) in [6, 6.07) is -2.25. The van der Waals surface area contributed by atoms with E-state index in [-0.39, 0.29) is 0 Å². The van der Waals surface area contributed by atoms with Gasteiger partial charge in [0.25, 0.3) is 5.91 Å². The van der Waals surface area contributed by atoms with Crippen molar-refractivity contribution in [3.05, 3.63) is 0 Å². The molecule has 3 fully saturated rings. The van der Waals surface area contributed by atoms with Crippen LogP contribution in [0.25, 0.3) is 0 Å². The van der Waals surface area contributed by atoms with Crippen LogP contribution >= 0.6 is 0 Å². The van der Waals surface area contributed by atoms with E-state index in [0.29, 0.717) is 48.3 Å². The Balaban J connectivity index is 1.97. The summed E-state index contributed by atoms with van der Waals surface area (Å²) in [5, 5.41) is 10.4. The molecule has 8 heteroatoms. The first-order chi connectivity index (χ1) is 11.3. The molecule has 3 aliphatic rings. The minimum atomic E-state index is -5.21. The zero-order valence-electron chi connectivity index (χ0n) is 13.5. The Kier molecular flexibility index (Phi) is 4.53. The Bertz CT molecular complexity index is 513.